The lowest BCUT2D eigenvalue weighted by Crippen LogP contribution is -2.23. The first-order valence-corrected chi connectivity index (χ1v) is 7.16. The van der Waals surface area contributed by atoms with Crippen LogP contribution in [-0.4, -0.2) is 16.3 Å². The maximum absolute atomic E-state index is 13.3. The van der Waals surface area contributed by atoms with Crippen LogP contribution in [0.3, 0.4) is 0 Å². The number of aromatic nitrogens is 2. The van der Waals surface area contributed by atoms with Crippen molar-refractivity contribution >= 4 is 28.1 Å². The quantitative estimate of drug-likeness (QED) is 0.733. The molecule has 4 rings (SSSR count). The summed E-state index contributed by atoms with van der Waals surface area (Å²) < 4.78 is 15.3. The van der Waals surface area contributed by atoms with Gasteiger partial charge in [0.1, 0.15) is 11.6 Å². The van der Waals surface area contributed by atoms with Crippen LogP contribution in [0.4, 0.5) is 10.2 Å². The van der Waals surface area contributed by atoms with Crippen molar-refractivity contribution in [1.29, 1.82) is 0 Å². The molecule has 5 heteroatoms. The number of anilines is 1. The minimum absolute atomic E-state index is 0.240. The Labute approximate surface area is 113 Å². The summed E-state index contributed by atoms with van der Waals surface area (Å²) in [6, 6.07) is 9.23. The second-order valence-electron chi connectivity index (χ2n) is 4.70. The molecule has 0 saturated carbocycles. The molecule has 2 aromatic heterocycles. The Morgan fingerprint density at radius 3 is 3.16 bits per heavy atom. The SMILES string of the molecule is Fc1ccc2c3n(nc2c1)C(c1cccs1)CCN3. The van der Waals surface area contributed by atoms with Crippen LogP contribution in [-0.2, 0) is 0 Å². The topological polar surface area (TPSA) is 29.9 Å². The van der Waals surface area contributed by atoms with Gasteiger partial charge >= 0.3 is 0 Å². The third-order valence-electron chi connectivity index (χ3n) is 3.54. The number of halogens is 1. The second kappa shape index (κ2) is 4.06. The van der Waals surface area contributed by atoms with Gasteiger partial charge in [0.15, 0.2) is 0 Å². The summed E-state index contributed by atoms with van der Waals surface area (Å²) >= 11 is 1.74. The number of hydrogen-bond donors (Lipinski definition) is 1. The van der Waals surface area contributed by atoms with E-state index in [1.165, 1.54) is 17.0 Å². The highest BCUT2D eigenvalue weighted by Crippen LogP contribution is 2.35. The lowest BCUT2D eigenvalue weighted by molar-refractivity contribution is 0.492. The van der Waals surface area contributed by atoms with E-state index in [9.17, 15) is 4.39 Å². The summed E-state index contributed by atoms with van der Waals surface area (Å²) in [5, 5.41) is 11.0. The van der Waals surface area contributed by atoms with E-state index in [4.69, 9.17) is 0 Å². The molecule has 3 aromatic rings. The zero-order valence-electron chi connectivity index (χ0n) is 10.1. The minimum atomic E-state index is -0.240. The molecule has 0 spiro atoms. The van der Waals surface area contributed by atoms with Crippen molar-refractivity contribution in [2.75, 3.05) is 11.9 Å². The Hall–Kier alpha value is -1.88. The molecular formula is C14H12FN3S. The van der Waals surface area contributed by atoms with Crippen molar-refractivity contribution < 1.29 is 4.39 Å². The van der Waals surface area contributed by atoms with E-state index in [0.29, 0.717) is 5.52 Å². The summed E-state index contributed by atoms with van der Waals surface area (Å²) in [6.45, 7) is 0.917. The number of rotatable bonds is 1. The molecule has 1 aliphatic heterocycles. The van der Waals surface area contributed by atoms with Crippen LogP contribution in [0.25, 0.3) is 10.9 Å². The van der Waals surface area contributed by atoms with E-state index in [0.717, 1.165) is 24.2 Å². The molecule has 1 N–H and O–H groups in total. The lowest BCUT2D eigenvalue weighted by Gasteiger charge is -2.24. The molecule has 0 fully saturated rings. The molecule has 1 aliphatic rings. The molecule has 1 aromatic carbocycles. The van der Waals surface area contributed by atoms with E-state index >= 15 is 0 Å². The van der Waals surface area contributed by atoms with Gasteiger partial charge in [-0.05, 0) is 30.0 Å². The van der Waals surface area contributed by atoms with Crippen LogP contribution in [0.5, 0.6) is 0 Å². The molecule has 0 radical (unpaired) electrons. The fraction of sp³-hybridized carbons (Fsp3) is 0.214. The Balaban J connectivity index is 1.93. The van der Waals surface area contributed by atoms with E-state index in [1.54, 1.807) is 17.4 Å². The Morgan fingerprint density at radius 2 is 2.32 bits per heavy atom. The highest BCUT2D eigenvalue weighted by molar-refractivity contribution is 7.10. The zero-order chi connectivity index (χ0) is 12.8. The molecule has 1 atom stereocenters. The Bertz CT molecular complexity index is 733. The zero-order valence-corrected chi connectivity index (χ0v) is 11.0. The predicted octanol–water partition coefficient (Wildman–Crippen LogP) is 3.64. The summed E-state index contributed by atoms with van der Waals surface area (Å²) in [4.78, 5) is 1.30. The number of fused-ring (bicyclic) bond motifs is 3. The number of nitrogens with one attached hydrogen (secondary N) is 1. The van der Waals surface area contributed by atoms with Gasteiger partial charge in [0, 0.05) is 22.9 Å². The summed E-state index contributed by atoms with van der Waals surface area (Å²) in [5.74, 6) is 0.760. The first-order valence-electron chi connectivity index (χ1n) is 6.28. The van der Waals surface area contributed by atoms with Gasteiger partial charge in [-0.15, -0.1) is 11.3 Å². The van der Waals surface area contributed by atoms with Crippen LogP contribution in [0.1, 0.15) is 17.3 Å². The molecule has 19 heavy (non-hydrogen) atoms. The highest BCUT2D eigenvalue weighted by Gasteiger charge is 2.25. The van der Waals surface area contributed by atoms with Crippen LogP contribution >= 0.6 is 11.3 Å². The first kappa shape index (κ1) is 11.0. The number of thiophene rings is 1. The van der Waals surface area contributed by atoms with Crippen molar-refractivity contribution in [2.24, 2.45) is 0 Å². The van der Waals surface area contributed by atoms with Gasteiger partial charge in [-0.3, -0.25) is 0 Å². The van der Waals surface area contributed by atoms with Crippen LogP contribution in [0, 0.1) is 5.82 Å². The van der Waals surface area contributed by atoms with Gasteiger partial charge in [0.05, 0.1) is 11.6 Å². The number of hydrogen-bond acceptors (Lipinski definition) is 3. The van der Waals surface area contributed by atoms with Crippen LogP contribution in [0.15, 0.2) is 35.7 Å². The molecule has 0 amide bonds. The Morgan fingerprint density at radius 1 is 1.37 bits per heavy atom. The van der Waals surface area contributed by atoms with Gasteiger partial charge < -0.3 is 5.32 Å². The largest absolute Gasteiger partial charge is 0.370 e. The molecule has 3 heterocycles. The fourth-order valence-corrected chi connectivity index (χ4v) is 3.52. The van der Waals surface area contributed by atoms with Gasteiger partial charge in [0.25, 0.3) is 0 Å². The van der Waals surface area contributed by atoms with Crippen molar-refractivity contribution in [3.05, 3.63) is 46.4 Å². The van der Waals surface area contributed by atoms with Crippen molar-refractivity contribution in [3.8, 4) is 0 Å². The Kier molecular flexibility index (Phi) is 2.35. The molecular weight excluding hydrogens is 261 g/mol. The molecule has 0 bridgehead atoms. The monoisotopic (exact) mass is 273 g/mol. The van der Waals surface area contributed by atoms with Crippen LogP contribution < -0.4 is 5.32 Å². The van der Waals surface area contributed by atoms with Gasteiger partial charge in [-0.2, -0.15) is 5.10 Å². The average Bonchev–Trinajstić information content (AvgIpc) is 3.04. The van der Waals surface area contributed by atoms with Gasteiger partial charge in [-0.1, -0.05) is 6.07 Å². The molecule has 96 valence electrons. The van der Waals surface area contributed by atoms with E-state index in [1.807, 2.05) is 4.68 Å². The molecule has 3 nitrogen and oxygen atoms in total. The van der Waals surface area contributed by atoms with Crippen molar-refractivity contribution in [1.82, 2.24) is 9.78 Å². The molecule has 1 unspecified atom stereocenters. The van der Waals surface area contributed by atoms with Crippen molar-refractivity contribution in [2.45, 2.75) is 12.5 Å². The lowest BCUT2D eigenvalue weighted by atomic mass is 10.1. The maximum Gasteiger partial charge on any atom is 0.133 e. The summed E-state index contributed by atoms with van der Waals surface area (Å²) in [6.07, 6.45) is 1.00. The van der Waals surface area contributed by atoms with E-state index < -0.39 is 0 Å². The third kappa shape index (κ3) is 1.65. The second-order valence-corrected chi connectivity index (χ2v) is 5.68. The van der Waals surface area contributed by atoms with E-state index in [-0.39, 0.29) is 11.9 Å². The average molecular weight is 273 g/mol. The summed E-state index contributed by atoms with van der Waals surface area (Å²) in [5.41, 5.74) is 0.714. The normalized spacial score (nSPS) is 18.3. The van der Waals surface area contributed by atoms with Crippen molar-refractivity contribution in [3.63, 3.8) is 0 Å². The standard InChI is InChI=1S/C14H12FN3S/c15-9-3-4-10-11(8-9)17-18-12(5-6-16-14(10)18)13-2-1-7-19-13/h1-4,7-8,12,16H,5-6H2. The van der Waals surface area contributed by atoms with Crippen LogP contribution in [0.2, 0.25) is 0 Å². The predicted molar refractivity (Wildman–Crippen MR) is 75.3 cm³/mol. The first-order chi connectivity index (χ1) is 9.33. The highest BCUT2D eigenvalue weighted by atomic mass is 32.1. The third-order valence-corrected chi connectivity index (χ3v) is 4.51. The van der Waals surface area contributed by atoms with Gasteiger partial charge in [0.2, 0.25) is 0 Å². The number of benzene rings is 1. The fourth-order valence-electron chi connectivity index (χ4n) is 2.67. The maximum atomic E-state index is 13.3. The smallest absolute Gasteiger partial charge is 0.133 e. The molecule has 0 saturated heterocycles. The van der Waals surface area contributed by atoms with Gasteiger partial charge in [-0.25, -0.2) is 9.07 Å². The minimum Gasteiger partial charge on any atom is -0.370 e. The number of nitrogens with zero attached hydrogens (tertiary/aromatic N) is 2. The summed E-state index contributed by atoms with van der Waals surface area (Å²) in [7, 11) is 0. The molecule has 0 aliphatic carbocycles. The van der Waals surface area contributed by atoms with E-state index in [2.05, 4.69) is 27.9 Å².